The first kappa shape index (κ1) is 15.2. The number of rotatable bonds is 5. The number of nitrogens with one attached hydrogen (secondary N) is 1. The van der Waals surface area contributed by atoms with Gasteiger partial charge < -0.3 is 20.1 Å². The van der Waals surface area contributed by atoms with Crippen molar-refractivity contribution in [3.8, 4) is 0 Å². The third-order valence-corrected chi connectivity index (χ3v) is 3.21. The van der Waals surface area contributed by atoms with Crippen molar-refractivity contribution in [1.82, 2.24) is 19.5 Å². The van der Waals surface area contributed by atoms with Gasteiger partial charge in [0.05, 0.1) is 6.33 Å². The molecule has 0 amide bonds. The van der Waals surface area contributed by atoms with Crippen LogP contribution in [0, 0.1) is 0 Å². The molecule has 0 aliphatic heterocycles. The highest BCUT2D eigenvalue weighted by molar-refractivity contribution is 7.55. The summed E-state index contributed by atoms with van der Waals surface area (Å²) < 4.78 is 12.3. The summed E-state index contributed by atoms with van der Waals surface area (Å²) in [6.45, 7) is 4.10. The third kappa shape index (κ3) is 3.88. The molecule has 0 spiro atoms. The monoisotopic (exact) mass is 311 g/mol. The molecule has 0 aliphatic rings. The van der Waals surface area contributed by atoms with E-state index < -0.39 is 13.2 Å². The largest absolute Gasteiger partial charge is 0.369 e. The molecule has 2 aromatic rings. The van der Waals surface area contributed by atoms with E-state index in [4.69, 9.17) is 15.5 Å². The summed E-state index contributed by atoms with van der Waals surface area (Å²) in [5, 5.41) is 0. The number of fused-ring (bicyclic) bond motifs is 1. The van der Waals surface area contributed by atoms with Crippen molar-refractivity contribution in [2.45, 2.75) is 13.0 Å². The van der Waals surface area contributed by atoms with Crippen molar-refractivity contribution in [3.05, 3.63) is 40.7 Å². The summed E-state index contributed by atoms with van der Waals surface area (Å²) in [6.07, 6.45) is 3.14. The van der Waals surface area contributed by atoms with Crippen LogP contribution in [-0.2, 0) is 11.1 Å². The Morgan fingerprint density at radius 1 is 1.57 bits per heavy atom. The van der Waals surface area contributed by atoms with Gasteiger partial charge in [0.2, 0.25) is 5.95 Å². The second-order valence-corrected chi connectivity index (χ2v) is 5.85. The van der Waals surface area contributed by atoms with Crippen molar-refractivity contribution < 1.29 is 14.4 Å². The van der Waals surface area contributed by atoms with Crippen molar-refractivity contribution in [3.63, 3.8) is 0 Å². The number of aromatic amines is 1. The Morgan fingerprint density at radius 3 is 2.95 bits per heavy atom. The van der Waals surface area contributed by atoms with Crippen LogP contribution in [0.4, 0.5) is 5.95 Å². The lowest BCUT2D eigenvalue weighted by Crippen LogP contribution is -2.12. The van der Waals surface area contributed by atoms with Crippen LogP contribution in [0.5, 0.6) is 0 Å². The summed E-state index contributed by atoms with van der Waals surface area (Å²) in [7, 11) is -4.19. The molecule has 0 aliphatic carbocycles. The first-order valence-corrected chi connectivity index (χ1v) is 7.57. The lowest BCUT2D eigenvalue weighted by molar-refractivity contribution is 0.386. The number of imidazole rings is 1. The molecule has 0 bridgehead atoms. The molecule has 0 fully saturated rings. The fourth-order valence-electron chi connectivity index (χ4n) is 1.68. The minimum atomic E-state index is -4.19. The van der Waals surface area contributed by atoms with Crippen molar-refractivity contribution in [2.24, 2.45) is 0 Å². The quantitative estimate of drug-likeness (QED) is 0.459. The van der Waals surface area contributed by atoms with E-state index in [1.54, 1.807) is 4.57 Å². The van der Waals surface area contributed by atoms with E-state index in [2.05, 4.69) is 21.5 Å². The Labute approximate surface area is 119 Å². The summed E-state index contributed by atoms with van der Waals surface area (Å²) in [5.41, 5.74) is 6.12. The molecule has 112 valence electrons. The molecule has 0 aromatic carbocycles. The highest BCUT2D eigenvalue weighted by Crippen LogP contribution is 2.36. The molecule has 0 saturated carbocycles. The number of nitrogens with two attached hydrogens (primary N) is 1. The summed E-state index contributed by atoms with van der Waals surface area (Å²) >= 11 is 0. The zero-order valence-electron chi connectivity index (χ0n) is 10.9. The van der Waals surface area contributed by atoms with Crippen LogP contribution >= 0.6 is 7.60 Å². The number of aryl methyl sites for hydroxylation is 1. The maximum absolute atomic E-state index is 11.6. The molecule has 9 nitrogen and oxygen atoms in total. The predicted molar refractivity (Wildman–Crippen MR) is 77.5 cm³/mol. The summed E-state index contributed by atoms with van der Waals surface area (Å²) in [6, 6.07) is 0. The van der Waals surface area contributed by atoms with E-state index in [1.807, 2.05) is 0 Å². The van der Waals surface area contributed by atoms with E-state index in [9.17, 15) is 9.36 Å². The maximum Gasteiger partial charge on any atom is 0.349 e. The molecular formula is C11H14N5O4P. The fraction of sp³-hybridized carbons (Fsp3) is 0.182. The Hall–Kier alpha value is -2.22. The Bertz CT molecular complexity index is 816. The maximum atomic E-state index is 11.6. The van der Waals surface area contributed by atoms with Gasteiger partial charge in [-0.1, -0.05) is 18.2 Å². The van der Waals surface area contributed by atoms with Crippen molar-refractivity contribution in [2.75, 3.05) is 5.73 Å². The number of nitrogen functional groups attached to an aromatic ring is 1. The Kier molecular flexibility index (Phi) is 4.08. The van der Waals surface area contributed by atoms with Gasteiger partial charge in [-0.05, 0) is 6.42 Å². The molecule has 2 heterocycles. The van der Waals surface area contributed by atoms with Crippen molar-refractivity contribution in [1.29, 1.82) is 0 Å². The van der Waals surface area contributed by atoms with Gasteiger partial charge >= 0.3 is 7.60 Å². The summed E-state index contributed by atoms with van der Waals surface area (Å²) in [5.74, 6) is 0.789. The average Bonchev–Trinajstić information content (AvgIpc) is 2.76. The van der Waals surface area contributed by atoms with E-state index in [0.717, 1.165) is 5.82 Å². The summed E-state index contributed by atoms with van der Waals surface area (Å²) in [4.78, 5) is 39.4. The van der Waals surface area contributed by atoms with Gasteiger partial charge in [-0.2, -0.15) is 4.98 Å². The van der Waals surface area contributed by atoms with E-state index in [1.165, 1.54) is 12.4 Å². The predicted octanol–water partition coefficient (Wildman–Crippen LogP) is 0.339. The molecule has 0 unspecified atom stereocenters. The van der Waals surface area contributed by atoms with Crippen LogP contribution < -0.4 is 11.3 Å². The Morgan fingerprint density at radius 2 is 2.29 bits per heavy atom. The topological polar surface area (TPSA) is 147 Å². The third-order valence-electron chi connectivity index (χ3n) is 2.67. The number of nitrogens with zero attached hydrogens (tertiary/aromatic N) is 3. The second-order valence-electron chi connectivity index (χ2n) is 4.37. The lowest BCUT2D eigenvalue weighted by atomic mass is 10.2. The molecule has 0 atom stereocenters. The number of aromatic nitrogens is 4. The first-order valence-electron chi connectivity index (χ1n) is 5.89. The van der Waals surface area contributed by atoms with Gasteiger partial charge in [-0.25, -0.2) is 4.98 Å². The van der Waals surface area contributed by atoms with E-state index >= 15 is 0 Å². The smallest absolute Gasteiger partial charge is 0.349 e. The molecule has 5 N–H and O–H groups in total. The number of anilines is 1. The highest BCUT2D eigenvalue weighted by Gasteiger charge is 2.09. The van der Waals surface area contributed by atoms with E-state index in [-0.39, 0.29) is 11.5 Å². The van der Waals surface area contributed by atoms with Crippen LogP contribution in [0.15, 0.2) is 35.2 Å². The molecule has 21 heavy (non-hydrogen) atoms. The van der Waals surface area contributed by atoms with Gasteiger partial charge in [0, 0.05) is 12.4 Å². The standard InChI is InChI=1S/C11H14N5O4P/c1-7(3-5-21(18,19)20)2-4-16-6-13-8-9(16)14-11(12)15-10(8)17/h3,5-6H,1-2,4H2,(H2,18,19,20)(H3,12,14,15,17)/b5-3+. The second kappa shape index (κ2) is 5.65. The fourth-order valence-corrected chi connectivity index (χ4v) is 2.09. The molecular weight excluding hydrogens is 297 g/mol. The van der Waals surface area contributed by atoms with Gasteiger partial charge in [0.25, 0.3) is 5.56 Å². The zero-order chi connectivity index (χ0) is 15.6. The molecule has 2 rings (SSSR count). The van der Waals surface area contributed by atoms with Crippen LogP contribution in [-0.4, -0.2) is 29.3 Å². The molecule has 0 saturated heterocycles. The van der Waals surface area contributed by atoms with Crippen LogP contribution in [0.3, 0.4) is 0 Å². The van der Waals surface area contributed by atoms with Crippen LogP contribution in [0.25, 0.3) is 11.2 Å². The number of hydrogen-bond donors (Lipinski definition) is 4. The molecule has 2 aromatic heterocycles. The van der Waals surface area contributed by atoms with Crippen LogP contribution in [0.1, 0.15) is 6.42 Å². The molecule has 10 heteroatoms. The number of allylic oxidation sites excluding steroid dienone is 2. The SMILES string of the molecule is C=C(/C=C/P(=O)(O)O)CCn1cnc2c(=O)[nH]c(N)nc21. The number of hydrogen-bond acceptors (Lipinski definition) is 5. The van der Waals surface area contributed by atoms with Gasteiger partial charge in [0.1, 0.15) is 0 Å². The Balaban J connectivity index is 2.15. The van der Waals surface area contributed by atoms with Gasteiger partial charge in [-0.3, -0.25) is 14.3 Å². The van der Waals surface area contributed by atoms with Crippen molar-refractivity contribution >= 4 is 24.7 Å². The minimum Gasteiger partial charge on any atom is -0.369 e. The lowest BCUT2D eigenvalue weighted by Gasteiger charge is -2.04. The minimum absolute atomic E-state index is 0.00512. The first-order chi connectivity index (χ1) is 9.76. The van der Waals surface area contributed by atoms with Gasteiger partial charge in [-0.15, -0.1) is 0 Å². The van der Waals surface area contributed by atoms with E-state index in [0.29, 0.717) is 24.2 Å². The normalized spacial score (nSPS) is 12.3. The molecule has 0 radical (unpaired) electrons. The zero-order valence-corrected chi connectivity index (χ0v) is 11.8. The average molecular weight is 311 g/mol. The number of H-pyrrole nitrogens is 1. The van der Waals surface area contributed by atoms with Crippen LogP contribution in [0.2, 0.25) is 0 Å². The van der Waals surface area contributed by atoms with Gasteiger partial charge in [0.15, 0.2) is 11.2 Å². The highest BCUT2D eigenvalue weighted by atomic mass is 31.2.